The molecule has 0 unspecified atom stereocenters. The molecule has 0 atom stereocenters. The number of amides is 1. The van der Waals surface area contributed by atoms with Gasteiger partial charge in [-0.25, -0.2) is 24.3 Å². The Balaban J connectivity index is 1.42. The average Bonchev–Trinajstić information content (AvgIpc) is 3.24. The summed E-state index contributed by atoms with van der Waals surface area (Å²) in [5, 5.41) is 12.0. The molecule has 0 aliphatic carbocycles. The number of hydrogen-bond acceptors (Lipinski definition) is 6. The molecule has 4 aromatic rings. The molecule has 170 valence electrons. The standard InChI is InChI=1S/C24H28N8O/c1-14-9-15(2)28-24(27-14)32-19(6)21(18(5)30-32)11-23(33)26-13-20-7-8-22(25-12-20)31-17(4)10-16(3)29-31/h7-10,12H,11,13H2,1-6H3,(H,26,33). The third-order valence-electron chi connectivity index (χ3n) is 5.46. The molecule has 0 fully saturated rings. The lowest BCUT2D eigenvalue weighted by Gasteiger charge is -2.08. The number of rotatable bonds is 6. The van der Waals surface area contributed by atoms with Gasteiger partial charge in [-0.1, -0.05) is 6.07 Å². The van der Waals surface area contributed by atoms with Crippen LogP contribution in [0.25, 0.3) is 11.8 Å². The second kappa shape index (κ2) is 8.93. The molecule has 0 saturated carbocycles. The average molecular weight is 445 g/mol. The second-order valence-electron chi connectivity index (χ2n) is 8.33. The van der Waals surface area contributed by atoms with Gasteiger partial charge in [-0.2, -0.15) is 10.2 Å². The van der Waals surface area contributed by atoms with Gasteiger partial charge in [-0.3, -0.25) is 4.79 Å². The van der Waals surface area contributed by atoms with Crippen LogP contribution in [0, 0.1) is 41.5 Å². The predicted molar refractivity (Wildman–Crippen MR) is 124 cm³/mol. The number of nitrogens with zero attached hydrogens (tertiary/aromatic N) is 7. The van der Waals surface area contributed by atoms with Crippen LogP contribution in [0.1, 0.15) is 45.3 Å². The lowest BCUT2D eigenvalue weighted by Crippen LogP contribution is -2.25. The first-order valence-corrected chi connectivity index (χ1v) is 10.8. The quantitative estimate of drug-likeness (QED) is 0.490. The molecule has 1 amide bonds. The Labute approximate surface area is 192 Å². The first-order valence-electron chi connectivity index (χ1n) is 10.8. The van der Waals surface area contributed by atoms with Gasteiger partial charge in [0.1, 0.15) is 0 Å². The summed E-state index contributed by atoms with van der Waals surface area (Å²) in [5.74, 6) is 1.20. The highest BCUT2D eigenvalue weighted by atomic mass is 16.1. The highest BCUT2D eigenvalue weighted by Crippen LogP contribution is 2.17. The SMILES string of the molecule is Cc1cc(C)nc(-n2nc(C)c(CC(=O)NCc3ccc(-n4nc(C)cc4C)nc3)c2C)n1. The third-order valence-corrected chi connectivity index (χ3v) is 5.46. The van der Waals surface area contributed by atoms with Crippen molar-refractivity contribution in [3.63, 3.8) is 0 Å². The molecule has 0 aliphatic rings. The number of aryl methyl sites for hydroxylation is 5. The van der Waals surface area contributed by atoms with E-state index in [2.05, 4.69) is 30.5 Å². The molecule has 4 heterocycles. The molecule has 4 rings (SSSR count). The van der Waals surface area contributed by atoms with Crippen LogP contribution in [0.2, 0.25) is 0 Å². The summed E-state index contributed by atoms with van der Waals surface area (Å²) >= 11 is 0. The summed E-state index contributed by atoms with van der Waals surface area (Å²) in [6.07, 6.45) is 2.00. The van der Waals surface area contributed by atoms with Crippen LogP contribution in [0.3, 0.4) is 0 Å². The van der Waals surface area contributed by atoms with Crippen molar-refractivity contribution < 1.29 is 4.79 Å². The minimum absolute atomic E-state index is 0.0790. The van der Waals surface area contributed by atoms with Crippen molar-refractivity contribution in [2.45, 2.75) is 54.5 Å². The smallest absolute Gasteiger partial charge is 0.251 e. The number of pyridine rings is 1. The highest BCUT2D eigenvalue weighted by Gasteiger charge is 2.17. The van der Waals surface area contributed by atoms with Crippen molar-refractivity contribution in [2.24, 2.45) is 0 Å². The van der Waals surface area contributed by atoms with E-state index in [9.17, 15) is 4.79 Å². The van der Waals surface area contributed by atoms with Gasteiger partial charge in [0.05, 0.1) is 17.8 Å². The third kappa shape index (κ3) is 4.82. The van der Waals surface area contributed by atoms with Crippen LogP contribution in [-0.4, -0.2) is 40.4 Å². The van der Waals surface area contributed by atoms with Crippen molar-refractivity contribution in [3.05, 3.63) is 75.8 Å². The molecule has 0 bridgehead atoms. The van der Waals surface area contributed by atoms with Gasteiger partial charge in [0.25, 0.3) is 5.95 Å². The van der Waals surface area contributed by atoms with Crippen molar-refractivity contribution in [1.82, 2.24) is 39.8 Å². The van der Waals surface area contributed by atoms with Gasteiger partial charge in [-0.05, 0) is 65.3 Å². The van der Waals surface area contributed by atoms with Crippen LogP contribution >= 0.6 is 0 Å². The molecule has 4 aromatic heterocycles. The van der Waals surface area contributed by atoms with E-state index in [1.54, 1.807) is 15.6 Å². The van der Waals surface area contributed by atoms with Crippen molar-refractivity contribution in [1.29, 1.82) is 0 Å². The van der Waals surface area contributed by atoms with Crippen LogP contribution in [0.5, 0.6) is 0 Å². The molecule has 9 heteroatoms. The summed E-state index contributed by atoms with van der Waals surface area (Å²) in [5.41, 5.74) is 7.19. The molecular weight excluding hydrogens is 416 g/mol. The zero-order valence-electron chi connectivity index (χ0n) is 19.8. The fourth-order valence-corrected chi connectivity index (χ4v) is 3.86. The summed E-state index contributed by atoms with van der Waals surface area (Å²) in [7, 11) is 0. The number of nitrogens with one attached hydrogen (secondary N) is 1. The van der Waals surface area contributed by atoms with Crippen LogP contribution in [-0.2, 0) is 17.8 Å². The van der Waals surface area contributed by atoms with Crippen molar-refractivity contribution in [2.75, 3.05) is 0 Å². The molecule has 0 spiro atoms. The summed E-state index contributed by atoms with van der Waals surface area (Å²) in [6, 6.07) is 7.78. The van der Waals surface area contributed by atoms with Gasteiger partial charge in [0.2, 0.25) is 5.91 Å². The van der Waals surface area contributed by atoms with E-state index in [1.165, 1.54) is 0 Å². The molecular formula is C24H28N8O. The summed E-state index contributed by atoms with van der Waals surface area (Å²) in [6.45, 7) is 12.0. The van der Waals surface area contributed by atoms with Crippen LogP contribution < -0.4 is 5.32 Å². The Morgan fingerprint density at radius 1 is 0.909 bits per heavy atom. The number of carbonyl (C=O) groups excluding carboxylic acids is 1. The summed E-state index contributed by atoms with van der Waals surface area (Å²) < 4.78 is 3.51. The summed E-state index contributed by atoms with van der Waals surface area (Å²) in [4.78, 5) is 26.1. The van der Waals surface area contributed by atoms with Gasteiger partial charge in [0.15, 0.2) is 5.82 Å². The molecule has 1 N–H and O–H groups in total. The largest absolute Gasteiger partial charge is 0.352 e. The van der Waals surface area contributed by atoms with E-state index in [1.807, 2.05) is 65.8 Å². The molecule has 33 heavy (non-hydrogen) atoms. The maximum Gasteiger partial charge on any atom is 0.251 e. The number of hydrogen-bond donors (Lipinski definition) is 1. The first-order chi connectivity index (χ1) is 15.7. The number of carbonyl (C=O) groups is 1. The Hall–Kier alpha value is -3.88. The van der Waals surface area contributed by atoms with Crippen LogP contribution in [0.4, 0.5) is 0 Å². The topological polar surface area (TPSA) is 103 Å². The Bertz CT molecular complexity index is 1300. The predicted octanol–water partition coefficient (Wildman–Crippen LogP) is 2.95. The van der Waals surface area contributed by atoms with Gasteiger partial charge in [0, 0.05) is 41.1 Å². The fraction of sp³-hybridized carbons (Fsp3) is 0.333. The van der Waals surface area contributed by atoms with Gasteiger partial charge in [-0.15, -0.1) is 0 Å². The maximum atomic E-state index is 12.7. The van der Waals surface area contributed by atoms with Crippen molar-refractivity contribution >= 4 is 5.91 Å². The van der Waals surface area contributed by atoms with E-state index in [4.69, 9.17) is 0 Å². The maximum absolute atomic E-state index is 12.7. The van der Waals surface area contributed by atoms with E-state index < -0.39 is 0 Å². The highest BCUT2D eigenvalue weighted by molar-refractivity contribution is 5.79. The van der Waals surface area contributed by atoms with Crippen LogP contribution in [0.15, 0.2) is 30.5 Å². The van der Waals surface area contributed by atoms with Gasteiger partial charge < -0.3 is 5.32 Å². The Kier molecular flexibility index (Phi) is 6.04. The lowest BCUT2D eigenvalue weighted by atomic mass is 10.1. The zero-order chi connectivity index (χ0) is 23.7. The van der Waals surface area contributed by atoms with Gasteiger partial charge >= 0.3 is 0 Å². The normalized spacial score (nSPS) is 11.1. The first kappa shape index (κ1) is 22.3. The molecule has 0 aliphatic heterocycles. The van der Waals surface area contributed by atoms with E-state index in [0.717, 1.165) is 51.1 Å². The Morgan fingerprint density at radius 3 is 2.24 bits per heavy atom. The molecule has 0 radical (unpaired) electrons. The van der Waals surface area contributed by atoms with E-state index in [0.29, 0.717) is 12.5 Å². The van der Waals surface area contributed by atoms with E-state index in [-0.39, 0.29) is 12.3 Å². The molecule has 0 saturated heterocycles. The molecule has 9 nitrogen and oxygen atoms in total. The van der Waals surface area contributed by atoms with E-state index >= 15 is 0 Å². The number of aromatic nitrogens is 7. The second-order valence-corrected chi connectivity index (χ2v) is 8.33. The zero-order valence-corrected chi connectivity index (χ0v) is 19.8. The van der Waals surface area contributed by atoms with Crippen molar-refractivity contribution in [3.8, 4) is 11.8 Å². The minimum Gasteiger partial charge on any atom is -0.352 e. The fourth-order valence-electron chi connectivity index (χ4n) is 3.86. The lowest BCUT2D eigenvalue weighted by molar-refractivity contribution is -0.120. The molecule has 0 aromatic carbocycles. The Morgan fingerprint density at radius 2 is 1.64 bits per heavy atom. The monoisotopic (exact) mass is 444 g/mol. The minimum atomic E-state index is -0.0790.